The topological polar surface area (TPSA) is 55.8 Å². The zero-order valence-electron chi connectivity index (χ0n) is 19.1. The van der Waals surface area contributed by atoms with Crippen LogP contribution in [0.4, 0.5) is 0 Å². The van der Waals surface area contributed by atoms with Gasteiger partial charge in [0.25, 0.3) is 0 Å². The Morgan fingerprint density at radius 1 is 1.13 bits per heavy atom. The van der Waals surface area contributed by atoms with Crippen molar-refractivity contribution in [3.8, 4) is 0 Å². The normalized spacial score (nSPS) is 49.7. The molecule has 166 valence electrons. The van der Waals surface area contributed by atoms with Gasteiger partial charge in [-0.1, -0.05) is 44.9 Å². The van der Waals surface area contributed by atoms with Crippen LogP contribution < -0.4 is 0 Å². The smallest absolute Gasteiger partial charge is 0.302 e. The summed E-state index contributed by atoms with van der Waals surface area (Å²) in [6.45, 7) is 9.97. The molecule has 2 saturated carbocycles. The number of hydrogen-bond donors (Lipinski definition) is 1. The van der Waals surface area contributed by atoms with Gasteiger partial charge < -0.3 is 14.6 Å². The van der Waals surface area contributed by atoms with E-state index < -0.39 is 6.29 Å². The van der Waals surface area contributed by atoms with E-state index >= 15 is 0 Å². The van der Waals surface area contributed by atoms with Crippen LogP contribution in [0.1, 0.15) is 72.6 Å². The number of hydrogen-bond acceptors (Lipinski definition) is 4. The molecular weight excluding hydrogens is 376 g/mol. The van der Waals surface area contributed by atoms with Crippen LogP contribution in [-0.2, 0) is 14.3 Å². The van der Waals surface area contributed by atoms with Crippen molar-refractivity contribution in [1.29, 1.82) is 0 Å². The lowest BCUT2D eigenvalue weighted by Gasteiger charge is -2.62. The minimum Gasteiger partial charge on any atom is -0.465 e. The third-order valence-corrected chi connectivity index (χ3v) is 10.1. The number of aliphatic hydroxyl groups excluding tert-OH is 1. The van der Waals surface area contributed by atoms with E-state index in [9.17, 15) is 9.90 Å². The molecule has 4 nitrogen and oxygen atoms in total. The van der Waals surface area contributed by atoms with Crippen LogP contribution in [0.15, 0.2) is 23.3 Å². The van der Waals surface area contributed by atoms with E-state index in [1.54, 1.807) is 5.57 Å². The maximum Gasteiger partial charge on any atom is 0.302 e. The number of carbonyl (C=O) groups excluding carboxylic acids is 1. The number of allylic oxidation sites excluding steroid dienone is 3. The molecule has 1 saturated heterocycles. The number of rotatable bonds is 2. The van der Waals surface area contributed by atoms with Crippen LogP contribution in [0.25, 0.3) is 0 Å². The second-order valence-corrected chi connectivity index (χ2v) is 11.6. The number of carbonyl (C=O) groups is 1. The molecule has 0 spiro atoms. The van der Waals surface area contributed by atoms with Crippen LogP contribution in [0.5, 0.6) is 0 Å². The summed E-state index contributed by atoms with van der Waals surface area (Å²) in [4.78, 5) is 11.5. The fraction of sp³-hybridized carbons (Fsp3) is 0.808. The molecule has 4 heteroatoms. The molecule has 0 aromatic carbocycles. The number of esters is 1. The number of fused-ring (bicyclic) bond motifs is 7. The lowest BCUT2D eigenvalue weighted by molar-refractivity contribution is -0.154. The van der Waals surface area contributed by atoms with Gasteiger partial charge in [0.2, 0.25) is 0 Å². The summed E-state index contributed by atoms with van der Waals surface area (Å²) in [7, 11) is 0. The van der Waals surface area contributed by atoms with Gasteiger partial charge in [-0.25, -0.2) is 0 Å². The van der Waals surface area contributed by atoms with Crippen LogP contribution >= 0.6 is 0 Å². The van der Waals surface area contributed by atoms with Crippen LogP contribution in [0, 0.1) is 39.9 Å². The zero-order valence-corrected chi connectivity index (χ0v) is 19.1. The van der Waals surface area contributed by atoms with E-state index in [1.807, 2.05) is 0 Å². The van der Waals surface area contributed by atoms with Crippen molar-refractivity contribution in [3.05, 3.63) is 23.3 Å². The first-order valence-electron chi connectivity index (χ1n) is 12.0. The predicted molar refractivity (Wildman–Crippen MR) is 115 cm³/mol. The molecule has 0 bridgehead atoms. The fourth-order valence-electron chi connectivity index (χ4n) is 8.63. The Labute approximate surface area is 181 Å². The van der Waals surface area contributed by atoms with Gasteiger partial charge in [0.15, 0.2) is 6.29 Å². The Bertz CT molecular complexity index is 799. The molecule has 0 radical (unpaired) electrons. The lowest BCUT2D eigenvalue weighted by Crippen LogP contribution is -2.56. The highest BCUT2D eigenvalue weighted by Crippen LogP contribution is 2.67. The first-order chi connectivity index (χ1) is 14.2. The maximum atomic E-state index is 11.5. The summed E-state index contributed by atoms with van der Waals surface area (Å²) in [6, 6.07) is 0. The highest BCUT2D eigenvalue weighted by Gasteiger charge is 2.61. The molecule has 0 amide bonds. The minimum absolute atomic E-state index is 0.0660. The lowest BCUT2D eigenvalue weighted by atomic mass is 9.42. The molecule has 1 N–H and O–H groups in total. The quantitative estimate of drug-likeness (QED) is 0.509. The largest absolute Gasteiger partial charge is 0.465 e. The van der Waals surface area contributed by atoms with Crippen LogP contribution in [0.3, 0.4) is 0 Å². The highest BCUT2D eigenvalue weighted by atomic mass is 16.6. The van der Waals surface area contributed by atoms with E-state index in [2.05, 4.69) is 32.9 Å². The van der Waals surface area contributed by atoms with Gasteiger partial charge in [-0.05, 0) is 72.7 Å². The van der Waals surface area contributed by atoms with Crippen molar-refractivity contribution in [2.75, 3.05) is 13.2 Å². The summed E-state index contributed by atoms with van der Waals surface area (Å²) in [5, 5.41) is 10.6. The van der Waals surface area contributed by atoms with E-state index in [-0.39, 0.29) is 28.1 Å². The molecule has 1 heterocycles. The second-order valence-electron chi connectivity index (χ2n) is 11.6. The fourth-order valence-corrected chi connectivity index (χ4v) is 8.63. The Hall–Kier alpha value is -1.13. The van der Waals surface area contributed by atoms with Crippen LogP contribution in [-0.4, -0.2) is 30.6 Å². The standard InChI is InChI=1S/C26H38O4/c1-16(27)30-15-24(2)11-5-12-25(3)20-10-13-26(4)19(18(20)7-9-21(24)25)8-6-17-14-29-23(28)22(17)26/h6-7,19-23,28H,5,8-15H2,1-4H3/t19-,20-,21-,22+,23+,24+,25+,26-/m0/s1. The average Bonchev–Trinajstić information content (AvgIpc) is 3.08. The number of ether oxygens (including phenoxy) is 2. The van der Waals surface area contributed by atoms with Crippen LogP contribution in [0.2, 0.25) is 0 Å². The second kappa shape index (κ2) is 6.93. The molecule has 8 atom stereocenters. The third-order valence-electron chi connectivity index (χ3n) is 10.1. The number of aliphatic hydroxyl groups is 1. The van der Waals surface area contributed by atoms with E-state index in [1.165, 1.54) is 31.8 Å². The molecule has 0 unspecified atom stereocenters. The van der Waals surface area contributed by atoms with E-state index in [0.717, 1.165) is 25.7 Å². The first-order valence-corrected chi connectivity index (χ1v) is 12.0. The minimum atomic E-state index is -0.644. The molecule has 0 aromatic heterocycles. The highest BCUT2D eigenvalue weighted by molar-refractivity contribution is 5.65. The molecule has 0 aromatic rings. The molecule has 30 heavy (non-hydrogen) atoms. The SMILES string of the molecule is CC(=O)OC[C@@]1(C)CCC[C@]2(C)[C@H]3CC[C@]4(C)[C@@H]5C(=CC[C@H]4C3=CC[C@@H]12)CO[C@H]5O. The van der Waals surface area contributed by atoms with Gasteiger partial charge in [-0.15, -0.1) is 0 Å². The average molecular weight is 415 g/mol. The van der Waals surface area contributed by atoms with Crippen molar-refractivity contribution in [2.45, 2.75) is 78.9 Å². The molecule has 5 rings (SSSR count). The third kappa shape index (κ3) is 2.82. The van der Waals surface area contributed by atoms with Gasteiger partial charge in [-0.2, -0.15) is 0 Å². The summed E-state index contributed by atoms with van der Waals surface area (Å²) < 4.78 is 11.2. The first kappa shape index (κ1) is 20.8. The molecule has 1 aliphatic heterocycles. The molecule has 3 fully saturated rings. The Balaban J connectivity index is 1.48. The summed E-state index contributed by atoms with van der Waals surface area (Å²) in [6.07, 6.45) is 12.5. The Morgan fingerprint density at radius 3 is 2.70 bits per heavy atom. The molecule has 4 aliphatic carbocycles. The zero-order chi connectivity index (χ0) is 21.3. The van der Waals surface area contributed by atoms with Crippen molar-refractivity contribution in [2.24, 2.45) is 39.9 Å². The van der Waals surface area contributed by atoms with Gasteiger partial charge in [0.05, 0.1) is 13.2 Å². The summed E-state index contributed by atoms with van der Waals surface area (Å²) in [5.74, 6) is 1.68. The van der Waals surface area contributed by atoms with Gasteiger partial charge in [-0.3, -0.25) is 4.79 Å². The van der Waals surface area contributed by atoms with Gasteiger partial charge in [0.1, 0.15) is 0 Å². The summed E-state index contributed by atoms with van der Waals surface area (Å²) in [5.41, 5.74) is 3.42. The Morgan fingerprint density at radius 2 is 1.93 bits per heavy atom. The van der Waals surface area contributed by atoms with E-state index in [4.69, 9.17) is 9.47 Å². The van der Waals surface area contributed by atoms with Crippen molar-refractivity contribution >= 4 is 5.97 Å². The van der Waals surface area contributed by atoms with Crippen molar-refractivity contribution < 1.29 is 19.4 Å². The van der Waals surface area contributed by atoms with Crippen molar-refractivity contribution in [3.63, 3.8) is 0 Å². The predicted octanol–water partition coefficient (Wildman–Crippen LogP) is 5.02. The van der Waals surface area contributed by atoms with Gasteiger partial charge >= 0.3 is 5.97 Å². The monoisotopic (exact) mass is 414 g/mol. The molecular formula is C26H38O4. The van der Waals surface area contributed by atoms with E-state index in [0.29, 0.717) is 31.0 Å². The van der Waals surface area contributed by atoms with Crippen molar-refractivity contribution in [1.82, 2.24) is 0 Å². The molecule has 5 aliphatic rings. The Kier molecular flexibility index (Phi) is 4.80. The summed E-state index contributed by atoms with van der Waals surface area (Å²) >= 11 is 0. The van der Waals surface area contributed by atoms with Gasteiger partial charge in [0, 0.05) is 18.3 Å². The maximum absolute atomic E-state index is 11.5.